The molecule has 158 valence electrons. The standard InChI is InChI=1S/C23H22N4O4/c1-15-10-11-19(27(30)31)14-21(15)24-22(28)12-16(2)25-26-23(29)13-18-8-5-7-17-6-3-4-9-20(17)18/h3-11,14H,12-13H2,1-2H3,(H,24,28)(H,26,29)/b25-16-. The van der Waals surface area contributed by atoms with E-state index in [0.717, 1.165) is 16.3 Å². The molecule has 0 atom stereocenters. The fourth-order valence-electron chi connectivity index (χ4n) is 3.14. The zero-order valence-corrected chi connectivity index (χ0v) is 17.2. The number of aryl methyl sites for hydroxylation is 1. The summed E-state index contributed by atoms with van der Waals surface area (Å²) in [6.07, 6.45) is 0.105. The van der Waals surface area contributed by atoms with Crippen molar-refractivity contribution in [2.24, 2.45) is 5.10 Å². The summed E-state index contributed by atoms with van der Waals surface area (Å²) >= 11 is 0. The molecule has 2 N–H and O–H groups in total. The number of fused-ring (bicyclic) bond motifs is 1. The van der Waals surface area contributed by atoms with Crippen LogP contribution in [0, 0.1) is 17.0 Å². The van der Waals surface area contributed by atoms with Gasteiger partial charge in [0.05, 0.1) is 23.5 Å². The molecule has 0 heterocycles. The first-order valence-corrected chi connectivity index (χ1v) is 9.67. The van der Waals surface area contributed by atoms with Gasteiger partial charge in [0.2, 0.25) is 11.8 Å². The summed E-state index contributed by atoms with van der Waals surface area (Å²) in [5, 5.41) is 19.6. The van der Waals surface area contributed by atoms with Gasteiger partial charge in [-0.25, -0.2) is 5.43 Å². The second-order valence-electron chi connectivity index (χ2n) is 7.18. The van der Waals surface area contributed by atoms with Crippen LogP contribution >= 0.6 is 0 Å². The number of nitrogens with zero attached hydrogens (tertiary/aromatic N) is 2. The van der Waals surface area contributed by atoms with E-state index >= 15 is 0 Å². The number of anilines is 1. The smallest absolute Gasteiger partial charge is 0.271 e. The van der Waals surface area contributed by atoms with Crippen LogP contribution in [0.25, 0.3) is 10.8 Å². The minimum absolute atomic E-state index is 0.0588. The van der Waals surface area contributed by atoms with Gasteiger partial charge in [0, 0.05) is 17.8 Å². The van der Waals surface area contributed by atoms with E-state index in [1.807, 2.05) is 42.5 Å². The Labute approximate surface area is 179 Å². The molecule has 0 fully saturated rings. The monoisotopic (exact) mass is 418 g/mol. The van der Waals surface area contributed by atoms with Crippen molar-refractivity contribution in [3.8, 4) is 0 Å². The molecule has 0 bridgehead atoms. The fraction of sp³-hybridized carbons (Fsp3) is 0.174. The second kappa shape index (κ2) is 9.62. The van der Waals surface area contributed by atoms with E-state index in [2.05, 4.69) is 15.8 Å². The molecule has 0 saturated heterocycles. The molecule has 3 aromatic rings. The highest BCUT2D eigenvalue weighted by Gasteiger charge is 2.12. The van der Waals surface area contributed by atoms with E-state index < -0.39 is 4.92 Å². The molecule has 0 aliphatic heterocycles. The average Bonchev–Trinajstić information content (AvgIpc) is 2.74. The summed E-state index contributed by atoms with van der Waals surface area (Å²) in [5.74, 6) is -0.668. The largest absolute Gasteiger partial charge is 0.325 e. The number of benzene rings is 3. The topological polar surface area (TPSA) is 114 Å². The van der Waals surface area contributed by atoms with Gasteiger partial charge >= 0.3 is 0 Å². The molecule has 0 unspecified atom stereocenters. The van der Waals surface area contributed by atoms with Crippen molar-refractivity contribution >= 4 is 39.7 Å². The van der Waals surface area contributed by atoms with Crippen molar-refractivity contribution in [2.75, 3.05) is 5.32 Å². The molecular formula is C23H22N4O4. The highest BCUT2D eigenvalue weighted by molar-refractivity contribution is 6.06. The maximum Gasteiger partial charge on any atom is 0.271 e. The summed E-state index contributed by atoms with van der Waals surface area (Å²) in [4.78, 5) is 35.0. The number of nitro groups is 1. The van der Waals surface area contributed by atoms with Gasteiger partial charge in [-0.05, 0) is 35.7 Å². The van der Waals surface area contributed by atoms with Gasteiger partial charge < -0.3 is 5.32 Å². The van der Waals surface area contributed by atoms with Crippen LogP contribution in [0.15, 0.2) is 65.8 Å². The number of amides is 2. The first-order chi connectivity index (χ1) is 14.8. The molecule has 0 aliphatic carbocycles. The van der Waals surface area contributed by atoms with Crippen LogP contribution < -0.4 is 10.7 Å². The molecule has 0 radical (unpaired) electrons. The minimum Gasteiger partial charge on any atom is -0.325 e. The van der Waals surface area contributed by atoms with Crippen LogP contribution in [0.1, 0.15) is 24.5 Å². The van der Waals surface area contributed by atoms with Gasteiger partial charge in [-0.15, -0.1) is 0 Å². The van der Waals surface area contributed by atoms with Crippen molar-refractivity contribution in [2.45, 2.75) is 26.7 Å². The summed E-state index contributed by atoms with van der Waals surface area (Å²) in [7, 11) is 0. The summed E-state index contributed by atoms with van der Waals surface area (Å²) in [6.45, 7) is 3.37. The third kappa shape index (κ3) is 5.72. The normalized spacial score (nSPS) is 11.2. The number of carbonyl (C=O) groups excluding carboxylic acids is 2. The van der Waals surface area contributed by atoms with Gasteiger partial charge in [-0.3, -0.25) is 19.7 Å². The van der Waals surface area contributed by atoms with Crippen LogP contribution in [0.5, 0.6) is 0 Å². The van der Waals surface area contributed by atoms with Gasteiger partial charge in [0.25, 0.3) is 5.69 Å². The van der Waals surface area contributed by atoms with Crippen molar-refractivity contribution in [1.29, 1.82) is 0 Å². The molecular weight excluding hydrogens is 396 g/mol. The van der Waals surface area contributed by atoms with E-state index in [-0.39, 0.29) is 30.3 Å². The lowest BCUT2D eigenvalue weighted by Crippen LogP contribution is -2.23. The van der Waals surface area contributed by atoms with Crippen LogP contribution in [0.2, 0.25) is 0 Å². The Bertz CT molecular complexity index is 1180. The van der Waals surface area contributed by atoms with Gasteiger partial charge in [-0.1, -0.05) is 48.5 Å². The first kappa shape index (κ1) is 21.6. The van der Waals surface area contributed by atoms with Gasteiger partial charge in [-0.2, -0.15) is 5.10 Å². The third-order valence-corrected chi connectivity index (χ3v) is 4.72. The number of hydrogen-bond acceptors (Lipinski definition) is 5. The van der Waals surface area contributed by atoms with E-state index in [4.69, 9.17) is 0 Å². The Kier molecular flexibility index (Phi) is 6.71. The Morgan fingerprint density at radius 1 is 1.03 bits per heavy atom. The van der Waals surface area contributed by atoms with E-state index in [1.165, 1.54) is 12.1 Å². The lowest BCUT2D eigenvalue weighted by Gasteiger charge is -2.09. The molecule has 8 heteroatoms. The first-order valence-electron chi connectivity index (χ1n) is 9.67. The van der Waals surface area contributed by atoms with Crippen LogP contribution in [-0.4, -0.2) is 22.4 Å². The number of carbonyl (C=O) groups is 2. The highest BCUT2D eigenvalue weighted by atomic mass is 16.6. The van der Waals surface area contributed by atoms with Gasteiger partial charge in [0.15, 0.2) is 0 Å². The zero-order chi connectivity index (χ0) is 22.4. The number of nitrogens with one attached hydrogen (secondary N) is 2. The minimum atomic E-state index is -0.521. The number of rotatable bonds is 7. The summed E-state index contributed by atoms with van der Waals surface area (Å²) in [5.41, 5.74) is 4.75. The molecule has 0 aromatic heterocycles. The van der Waals surface area contributed by atoms with Crippen LogP contribution in [0.3, 0.4) is 0 Å². The van der Waals surface area contributed by atoms with Crippen molar-refractivity contribution in [1.82, 2.24) is 5.43 Å². The molecule has 3 aromatic carbocycles. The van der Waals surface area contributed by atoms with Crippen molar-refractivity contribution in [3.05, 3.63) is 81.9 Å². The van der Waals surface area contributed by atoms with Crippen molar-refractivity contribution in [3.63, 3.8) is 0 Å². The Balaban J connectivity index is 1.58. The van der Waals surface area contributed by atoms with Crippen LogP contribution in [0.4, 0.5) is 11.4 Å². The number of hydrazone groups is 1. The number of nitro benzene ring substituents is 1. The maximum absolute atomic E-state index is 12.3. The Hall–Kier alpha value is -4.07. The second-order valence-corrected chi connectivity index (χ2v) is 7.18. The lowest BCUT2D eigenvalue weighted by molar-refractivity contribution is -0.384. The quantitative estimate of drug-likeness (QED) is 0.341. The molecule has 2 amide bonds. The van der Waals surface area contributed by atoms with E-state index in [9.17, 15) is 19.7 Å². The Morgan fingerprint density at radius 3 is 2.55 bits per heavy atom. The maximum atomic E-state index is 12.3. The van der Waals surface area contributed by atoms with E-state index in [0.29, 0.717) is 17.0 Å². The molecule has 31 heavy (non-hydrogen) atoms. The number of non-ortho nitro benzene ring substituents is 1. The Morgan fingerprint density at radius 2 is 1.77 bits per heavy atom. The molecule has 0 spiro atoms. The van der Waals surface area contributed by atoms with Crippen molar-refractivity contribution < 1.29 is 14.5 Å². The predicted octanol–water partition coefficient (Wildman–Crippen LogP) is 4.12. The molecule has 3 rings (SSSR count). The molecule has 8 nitrogen and oxygen atoms in total. The summed E-state index contributed by atoms with van der Waals surface area (Å²) in [6, 6.07) is 17.9. The highest BCUT2D eigenvalue weighted by Crippen LogP contribution is 2.22. The predicted molar refractivity (Wildman–Crippen MR) is 120 cm³/mol. The lowest BCUT2D eigenvalue weighted by atomic mass is 10.0. The third-order valence-electron chi connectivity index (χ3n) is 4.72. The average molecular weight is 418 g/mol. The number of hydrogen-bond donors (Lipinski definition) is 2. The zero-order valence-electron chi connectivity index (χ0n) is 17.2. The SMILES string of the molecule is C/C(CC(=O)Nc1cc([N+](=O)[O-])ccc1C)=N/NC(=O)Cc1cccc2ccccc12. The summed E-state index contributed by atoms with van der Waals surface area (Å²) < 4.78 is 0. The van der Waals surface area contributed by atoms with E-state index in [1.54, 1.807) is 19.9 Å². The van der Waals surface area contributed by atoms with Gasteiger partial charge in [0.1, 0.15) is 0 Å². The molecule has 0 aliphatic rings. The van der Waals surface area contributed by atoms with Crippen LogP contribution in [-0.2, 0) is 16.0 Å². The molecule has 0 saturated carbocycles. The fourth-order valence-corrected chi connectivity index (χ4v) is 3.14.